The van der Waals surface area contributed by atoms with Gasteiger partial charge in [-0.25, -0.2) is 9.69 Å². The Morgan fingerprint density at radius 3 is 2.49 bits per heavy atom. The maximum atomic E-state index is 13.8. The smallest absolute Gasteiger partial charge is 0.338 e. The van der Waals surface area contributed by atoms with Crippen molar-refractivity contribution in [1.82, 2.24) is 4.90 Å². The summed E-state index contributed by atoms with van der Waals surface area (Å²) in [5.74, 6) is -0.311. The van der Waals surface area contributed by atoms with E-state index in [9.17, 15) is 19.2 Å². The van der Waals surface area contributed by atoms with Crippen LogP contribution in [0.3, 0.4) is 0 Å². The molecule has 2 aliphatic rings. The zero-order chi connectivity index (χ0) is 27.5. The molecule has 0 radical (unpaired) electrons. The quantitative estimate of drug-likeness (QED) is 0.321. The maximum absolute atomic E-state index is 13.8. The summed E-state index contributed by atoms with van der Waals surface area (Å²) in [7, 11) is 1.50. The van der Waals surface area contributed by atoms with Gasteiger partial charge in [0.1, 0.15) is 11.8 Å². The Labute approximate surface area is 224 Å². The number of ether oxygens (including phenoxy) is 4. The van der Waals surface area contributed by atoms with Crippen LogP contribution in [0.25, 0.3) is 0 Å². The van der Waals surface area contributed by atoms with E-state index in [1.54, 1.807) is 49.4 Å². The minimum atomic E-state index is -1.05. The molecule has 5 rings (SSSR count). The molecule has 2 heterocycles. The van der Waals surface area contributed by atoms with Gasteiger partial charge in [0.2, 0.25) is 12.7 Å². The van der Waals surface area contributed by atoms with E-state index in [1.165, 1.54) is 36.3 Å². The molecule has 0 N–H and O–H groups in total. The molecule has 1 atom stereocenters. The fraction of sp³-hybridized carbons (Fsp3) is 0.241. The lowest BCUT2D eigenvalue weighted by atomic mass is 10.1. The van der Waals surface area contributed by atoms with Crippen LogP contribution in [0.4, 0.5) is 5.69 Å². The normalized spacial score (nSPS) is 15.8. The van der Waals surface area contributed by atoms with Crippen molar-refractivity contribution in [3.8, 4) is 17.2 Å². The number of esters is 1. The van der Waals surface area contributed by atoms with Crippen molar-refractivity contribution in [3.63, 3.8) is 0 Å². The number of methoxy groups -OCH3 is 1. The molecule has 1 fully saturated rings. The molecule has 0 spiro atoms. The van der Waals surface area contributed by atoms with Crippen LogP contribution < -0.4 is 19.1 Å². The first-order chi connectivity index (χ1) is 18.9. The summed E-state index contributed by atoms with van der Waals surface area (Å²) >= 11 is 0. The fourth-order valence-corrected chi connectivity index (χ4v) is 4.57. The lowest BCUT2D eigenvalue weighted by Crippen LogP contribution is -2.45. The number of hydrogen-bond acceptors (Lipinski definition) is 8. The van der Waals surface area contributed by atoms with Crippen LogP contribution in [0.1, 0.15) is 39.6 Å². The Hall–Kier alpha value is -4.86. The van der Waals surface area contributed by atoms with Gasteiger partial charge in [0, 0.05) is 12.1 Å². The molecule has 0 saturated carbocycles. The predicted octanol–water partition coefficient (Wildman–Crippen LogP) is 3.58. The number of carbonyl (C=O) groups excluding carboxylic acids is 4. The number of nitrogens with zero attached hydrogens (tertiary/aromatic N) is 2. The van der Waals surface area contributed by atoms with Crippen LogP contribution in [-0.4, -0.2) is 55.1 Å². The van der Waals surface area contributed by atoms with Crippen molar-refractivity contribution in [2.24, 2.45) is 0 Å². The number of fused-ring (bicyclic) bond motifs is 1. The SMILES string of the molecule is CCOC(=O)c1ccc(N2C(=O)CC(N(Cc3ccc4c(c3)OCO4)C(=O)c3cccc(OC)c3)C2=O)cc1. The minimum absolute atomic E-state index is 0.0476. The van der Waals surface area contributed by atoms with Crippen LogP contribution in [0, 0.1) is 0 Å². The molecular formula is C29H26N2O8. The zero-order valence-corrected chi connectivity index (χ0v) is 21.4. The van der Waals surface area contributed by atoms with Crippen molar-refractivity contribution < 1.29 is 38.1 Å². The molecule has 0 bridgehead atoms. The van der Waals surface area contributed by atoms with Gasteiger partial charge in [0.15, 0.2) is 11.5 Å². The molecule has 1 unspecified atom stereocenters. The lowest BCUT2D eigenvalue weighted by Gasteiger charge is -2.28. The highest BCUT2D eigenvalue weighted by Gasteiger charge is 2.44. The first-order valence-electron chi connectivity index (χ1n) is 12.4. The predicted molar refractivity (Wildman–Crippen MR) is 139 cm³/mol. The van der Waals surface area contributed by atoms with Gasteiger partial charge in [0.05, 0.1) is 31.4 Å². The fourth-order valence-electron chi connectivity index (χ4n) is 4.57. The summed E-state index contributed by atoms with van der Waals surface area (Å²) in [6.07, 6.45) is -0.196. The number of anilines is 1. The van der Waals surface area contributed by atoms with Gasteiger partial charge in [-0.15, -0.1) is 0 Å². The summed E-state index contributed by atoms with van der Waals surface area (Å²) in [6, 6.07) is 16.8. The molecule has 3 aromatic rings. The second-order valence-corrected chi connectivity index (χ2v) is 8.91. The molecule has 1 saturated heterocycles. The number of amides is 3. The number of carbonyl (C=O) groups is 4. The van der Waals surface area contributed by atoms with E-state index >= 15 is 0 Å². The molecule has 39 heavy (non-hydrogen) atoms. The molecular weight excluding hydrogens is 504 g/mol. The third-order valence-electron chi connectivity index (χ3n) is 6.50. The second kappa shape index (κ2) is 10.9. The molecule has 3 amide bonds. The van der Waals surface area contributed by atoms with Crippen molar-refractivity contribution >= 4 is 29.4 Å². The zero-order valence-electron chi connectivity index (χ0n) is 21.4. The van der Waals surface area contributed by atoms with Crippen LogP contribution in [-0.2, 0) is 20.9 Å². The molecule has 2 aliphatic heterocycles. The van der Waals surface area contributed by atoms with Crippen LogP contribution in [0.5, 0.6) is 17.2 Å². The van der Waals surface area contributed by atoms with Crippen molar-refractivity contribution in [1.29, 1.82) is 0 Å². The maximum Gasteiger partial charge on any atom is 0.338 e. The van der Waals surface area contributed by atoms with E-state index in [0.29, 0.717) is 39.6 Å². The van der Waals surface area contributed by atoms with Gasteiger partial charge in [-0.2, -0.15) is 0 Å². The van der Waals surface area contributed by atoms with E-state index in [2.05, 4.69) is 0 Å². The van der Waals surface area contributed by atoms with E-state index < -0.39 is 29.7 Å². The average molecular weight is 531 g/mol. The Bertz CT molecular complexity index is 1440. The van der Waals surface area contributed by atoms with Gasteiger partial charge < -0.3 is 23.8 Å². The van der Waals surface area contributed by atoms with Gasteiger partial charge >= 0.3 is 5.97 Å². The summed E-state index contributed by atoms with van der Waals surface area (Å²) in [6.45, 7) is 2.08. The van der Waals surface area contributed by atoms with Gasteiger partial charge in [0.25, 0.3) is 11.8 Å². The first-order valence-corrected chi connectivity index (χ1v) is 12.4. The van der Waals surface area contributed by atoms with Crippen LogP contribution in [0.15, 0.2) is 66.7 Å². The Morgan fingerprint density at radius 2 is 1.74 bits per heavy atom. The second-order valence-electron chi connectivity index (χ2n) is 8.91. The van der Waals surface area contributed by atoms with Gasteiger partial charge in [-0.05, 0) is 67.1 Å². The molecule has 200 valence electrons. The molecule has 0 aromatic heterocycles. The standard InChI is InChI=1S/C29H26N2O8/c1-3-37-29(35)19-8-10-21(11-9-19)31-26(32)15-23(28(31)34)30(27(33)20-5-4-6-22(14-20)36-2)16-18-7-12-24-25(13-18)39-17-38-24/h4-14,23H,3,15-17H2,1-2H3. The third kappa shape index (κ3) is 5.13. The summed E-state index contributed by atoms with van der Waals surface area (Å²) < 4.78 is 21.1. The number of imide groups is 1. The Kier molecular flexibility index (Phi) is 7.18. The first kappa shape index (κ1) is 25.8. The highest BCUT2D eigenvalue weighted by Crippen LogP contribution is 2.34. The van der Waals surface area contributed by atoms with Gasteiger partial charge in [-0.3, -0.25) is 14.4 Å². The number of hydrogen-bond donors (Lipinski definition) is 0. The molecule has 0 aliphatic carbocycles. The molecule has 10 heteroatoms. The summed E-state index contributed by atoms with van der Waals surface area (Å²) in [5, 5.41) is 0. The minimum Gasteiger partial charge on any atom is -0.497 e. The average Bonchev–Trinajstić information content (AvgIpc) is 3.54. The van der Waals surface area contributed by atoms with Crippen molar-refractivity contribution in [3.05, 3.63) is 83.4 Å². The Morgan fingerprint density at radius 1 is 0.974 bits per heavy atom. The highest BCUT2D eigenvalue weighted by molar-refractivity contribution is 6.23. The number of rotatable bonds is 8. The molecule has 10 nitrogen and oxygen atoms in total. The third-order valence-corrected chi connectivity index (χ3v) is 6.50. The van der Waals surface area contributed by atoms with E-state index in [4.69, 9.17) is 18.9 Å². The van der Waals surface area contributed by atoms with E-state index in [-0.39, 0.29) is 26.4 Å². The highest BCUT2D eigenvalue weighted by atomic mass is 16.7. The lowest BCUT2D eigenvalue weighted by molar-refractivity contribution is -0.122. The summed E-state index contributed by atoms with van der Waals surface area (Å²) in [4.78, 5) is 55.0. The molecule has 3 aromatic carbocycles. The number of benzene rings is 3. The Balaban J connectivity index is 1.46. The monoisotopic (exact) mass is 530 g/mol. The van der Waals surface area contributed by atoms with Crippen molar-refractivity contribution in [2.45, 2.75) is 25.9 Å². The summed E-state index contributed by atoms with van der Waals surface area (Å²) in [5.41, 5.74) is 1.62. The topological polar surface area (TPSA) is 112 Å². The van der Waals surface area contributed by atoms with E-state index in [0.717, 1.165) is 4.90 Å². The largest absolute Gasteiger partial charge is 0.497 e. The van der Waals surface area contributed by atoms with Crippen molar-refractivity contribution in [2.75, 3.05) is 25.4 Å². The van der Waals surface area contributed by atoms with E-state index in [1.807, 2.05) is 0 Å². The van der Waals surface area contributed by atoms with Gasteiger partial charge in [-0.1, -0.05) is 12.1 Å². The van der Waals surface area contributed by atoms with Crippen LogP contribution >= 0.6 is 0 Å². The van der Waals surface area contributed by atoms with Crippen LogP contribution in [0.2, 0.25) is 0 Å².